The largest absolute Gasteiger partial charge is 0.454 e. The maximum absolute atomic E-state index is 14.1. The van der Waals surface area contributed by atoms with Crippen molar-refractivity contribution >= 4 is 29.3 Å². The second-order valence-corrected chi connectivity index (χ2v) is 6.33. The molecule has 0 fully saturated rings. The van der Waals surface area contributed by atoms with Gasteiger partial charge in [-0.25, -0.2) is 4.39 Å². The van der Waals surface area contributed by atoms with E-state index < -0.39 is 17.6 Å². The van der Waals surface area contributed by atoms with E-state index in [0.29, 0.717) is 22.7 Å². The van der Waals surface area contributed by atoms with Crippen LogP contribution in [0.1, 0.15) is 15.9 Å². The van der Waals surface area contributed by atoms with E-state index in [0.717, 1.165) is 11.6 Å². The zero-order valence-corrected chi connectivity index (χ0v) is 15.6. The Balaban J connectivity index is 1.44. The second kappa shape index (κ2) is 8.44. The lowest BCUT2D eigenvalue weighted by Crippen LogP contribution is -2.13. The van der Waals surface area contributed by atoms with Crippen LogP contribution in [-0.2, 0) is 4.79 Å². The summed E-state index contributed by atoms with van der Waals surface area (Å²) in [6.45, 7) is 0.108. The molecule has 0 saturated carbocycles. The molecule has 0 saturated heterocycles. The lowest BCUT2D eigenvalue weighted by atomic mass is 10.1. The zero-order valence-electron chi connectivity index (χ0n) is 15.6. The van der Waals surface area contributed by atoms with Gasteiger partial charge in [0.25, 0.3) is 5.91 Å². The summed E-state index contributed by atoms with van der Waals surface area (Å²) in [5, 5.41) is 5.13. The quantitative estimate of drug-likeness (QED) is 0.630. The van der Waals surface area contributed by atoms with E-state index in [-0.39, 0.29) is 12.5 Å². The highest BCUT2D eigenvalue weighted by atomic mass is 19.1. The fourth-order valence-electron chi connectivity index (χ4n) is 2.76. The smallest absolute Gasteiger partial charge is 0.255 e. The van der Waals surface area contributed by atoms with Gasteiger partial charge in [0.1, 0.15) is 5.82 Å². The van der Waals surface area contributed by atoms with Crippen LogP contribution in [0, 0.1) is 5.82 Å². The molecule has 2 heterocycles. The molecule has 0 unspecified atom stereocenters. The van der Waals surface area contributed by atoms with E-state index >= 15 is 0 Å². The van der Waals surface area contributed by atoms with Crippen molar-refractivity contribution in [1.29, 1.82) is 0 Å². The highest BCUT2D eigenvalue weighted by Gasteiger charge is 2.16. The van der Waals surface area contributed by atoms with Gasteiger partial charge in [0.15, 0.2) is 11.5 Å². The van der Waals surface area contributed by atoms with E-state index in [1.54, 1.807) is 48.8 Å². The van der Waals surface area contributed by atoms with Crippen molar-refractivity contribution in [2.75, 3.05) is 17.4 Å². The summed E-state index contributed by atoms with van der Waals surface area (Å²) < 4.78 is 24.6. The molecule has 1 aliphatic heterocycles. The van der Waals surface area contributed by atoms with E-state index in [9.17, 15) is 14.0 Å². The molecule has 30 heavy (non-hydrogen) atoms. The monoisotopic (exact) mass is 405 g/mol. The average molecular weight is 405 g/mol. The van der Waals surface area contributed by atoms with Crippen LogP contribution in [-0.4, -0.2) is 23.6 Å². The molecule has 1 aliphatic rings. The van der Waals surface area contributed by atoms with E-state index in [1.807, 2.05) is 0 Å². The summed E-state index contributed by atoms with van der Waals surface area (Å²) in [5.41, 5.74) is 1.36. The van der Waals surface area contributed by atoms with Gasteiger partial charge in [-0.2, -0.15) is 0 Å². The molecule has 7 nitrogen and oxygen atoms in total. The molecule has 0 radical (unpaired) electrons. The second-order valence-electron chi connectivity index (χ2n) is 6.33. The van der Waals surface area contributed by atoms with E-state index in [4.69, 9.17) is 9.47 Å². The molecule has 0 spiro atoms. The minimum atomic E-state index is -0.626. The number of aromatic nitrogens is 1. The first-order chi connectivity index (χ1) is 14.6. The van der Waals surface area contributed by atoms with Gasteiger partial charge in [-0.3, -0.25) is 14.6 Å². The number of halogens is 1. The van der Waals surface area contributed by atoms with Crippen LogP contribution < -0.4 is 20.1 Å². The van der Waals surface area contributed by atoms with Gasteiger partial charge in [-0.05, 0) is 54.1 Å². The van der Waals surface area contributed by atoms with Crippen LogP contribution >= 0.6 is 0 Å². The third kappa shape index (κ3) is 4.44. The average Bonchev–Trinajstić information content (AvgIpc) is 3.23. The number of carbonyl (C=O) groups is 2. The third-order valence-corrected chi connectivity index (χ3v) is 4.23. The lowest BCUT2D eigenvalue weighted by molar-refractivity contribution is -0.111. The molecule has 0 bridgehead atoms. The summed E-state index contributed by atoms with van der Waals surface area (Å²) in [4.78, 5) is 28.5. The van der Waals surface area contributed by atoms with Gasteiger partial charge in [0.05, 0.1) is 5.69 Å². The summed E-state index contributed by atoms with van der Waals surface area (Å²) in [5.74, 6) is -0.502. The summed E-state index contributed by atoms with van der Waals surface area (Å²) in [7, 11) is 0. The van der Waals surface area contributed by atoms with Crippen molar-refractivity contribution in [3.8, 4) is 11.5 Å². The number of benzene rings is 2. The van der Waals surface area contributed by atoms with Crippen molar-refractivity contribution in [2.24, 2.45) is 0 Å². The first-order valence-electron chi connectivity index (χ1n) is 8.98. The lowest BCUT2D eigenvalue weighted by Gasteiger charge is -2.09. The molecular weight excluding hydrogens is 389 g/mol. The number of ether oxygens (including phenoxy) is 2. The molecular formula is C22H16FN3O4. The van der Waals surface area contributed by atoms with Crippen molar-refractivity contribution in [2.45, 2.75) is 0 Å². The van der Waals surface area contributed by atoms with Crippen LogP contribution in [0.15, 0.2) is 67.0 Å². The van der Waals surface area contributed by atoms with Gasteiger partial charge in [0.2, 0.25) is 12.7 Å². The standard InChI is InChI=1S/C22H16FN3O4/c23-17-6-5-16(25-22(28)15-4-7-19-20(10-15)30-13-29-19)11-18(17)26-21(27)8-3-14-2-1-9-24-12-14/h1-12H,13H2,(H,25,28)(H,26,27). The number of rotatable bonds is 5. The van der Waals surface area contributed by atoms with Crippen molar-refractivity contribution in [1.82, 2.24) is 4.98 Å². The molecule has 0 atom stereocenters. The first-order valence-corrected chi connectivity index (χ1v) is 8.98. The van der Waals surface area contributed by atoms with Gasteiger partial charge in [0, 0.05) is 29.7 Å². The number of nitrogens with zero attached hydrogens (tertiary/aromatic N) is 1. The molecule has 0 aliphatic carbocycles. The molecule has 2 amide bonds. The van der Waals surface area contributed by atoms with E-state index in [1.165, 1.54) is 18.2 Å². The van der Waals surface area contributed by atoms with Crippen LogP contribution in [0.25, 0.3) is 6.08 Å². The number of carbonyl (C=O) groups excluding carboxylic acids is 2. The number of fused-ring (bicyclic) bond motifs is 1. The summed E-state index contributed by atoms with van der Waals surface area (Å²) >= 11 is 0. The Labute approximate surface area is 171 Å². The number of hydrogen-bond acceptors (Lipinski definition) is 5. The molecule has 3 aromatic rings. The Morgan fingerprint density at radius 2 is 1.90 bits per heavy atom. The topological polar surface area (TPSA) is 89.6 Å². The molecule has 8 heteroatoms. The van der Waals surface area contributed by atoms with Crippen molar-refractivity contribution in [3.05, 3.63) is 83.9 Å². The summed E-state index contributed by atoms with van der Waals surface area (Å²) in [6.07, 6.45) is 6.05. The fourth-order valence-corrected chi connectivity index (χ4v) is 2.76. The van der Waals surface area contributed by atoms with Gasteiger partial charge in [-0.15, -0.1) is 0 Å². The van der Waals surface area contributed by atoms with Crippen LogP contribution in [0.2, 0.25) is 0 Å². The number of nitrogens with one attached hydrogen (secondary N) is 2. The van der Waals surface area contributed by atoms with Crippen LogP contribution in [0.5, 0.6) is 11.5 Å². The zero-order chi connectivity index (χ0) is 20.9. The van der Waals surface area contributed by atoms with Crippen LogP contribution in [0.4, 0.5) is 15.8 Å². The van der Waals surface area contributed by atoms with Crippen LogP contribution in [0.3, 0.4) is 0 Å². The predicted octanol–water partition coefficient (Wildman–Crippen LogP) is 3.85. The molecule has 2 aromatic carbocycles. The minimum Gasteiger partial charge on any atom is -0.454 e. The Kier molecular flexibility index (Phi) is 5.38. The maximum Gasteiger partial charge on any atom is 0.255 e. The van der Waals surface area contributed by atoms with Gasteiger partial charge in [-0.1, -0.05) is 6.07 Å². The van der Waals surface area contributed by atoms with Gasteiger partial charge >= 0.3 is 0 Å². The molecule has 4 rings (SSSR count). The minimum absolute atomic E-state index is 0.0562. The van der Waals surface area contributed by atoms with E-state index in [2.05, 4.69) is 15.6 Å². The normalized spacial score (nSPS) is 12.0. The third-order valence-electron chi connectivity index (χ3n) is 4.23. The highest BCUT2D eigenvalue weighted by Crippen LogP contribution is 2.32. The summed E-state index contributed by atoms with van der Waals surface area (Å²) in [6, 6.07) is 12.2. The first kappa shape index (κ1) is 19.1. The number of amides is 2. The highest BCUT2D eigenvalue weighted by molar-refractivity contribution is 6.06. The van der Waals surface area contributed by atoms with Crippen molar-refractivity contribution < 1.29 is 23.5 Å². The van der Waals surface area contributed by atoms with Crippen molar-refractivity contribution in [3.63, 3.8) is 0 Å². The number of anilines is 2. The predicted molar refractivity (Wildman–Crippen MR) is 109 cm³/mol. The Hall–Kier alpha value is -4.20. The number of pyridine rings is 1. The maximum atomic E-state index is 14.1. The Morgan fingerprint density at radius 3 is 2.73 bits per heavy atom. The fraction of sp³-hybridized carbons (Fsp3) is 0.0455. The molecule has 1 aromatic heterocycles. The molecule has 150 valence electrons. The Bertz CT molecular complexity index is 1130. The molecule has 2 N–H and O–H groups in total. The SMILES string of the molecule is O=C(C=Cc1cccnc1)Nc1cc(NC(=O)c2ccc3c(c2)OCO3)ccc1F. The Morgan fingerprint density at radius 1 is 1.03 bits per heavy atom. The number of hydrogen-bond donors (Lipinski definition) is 2. The van der Waals surface area contributed by atoms with Gasteiger partial charge < -0.3 is 20.1 Å².